The second kappa shape index (κ2) is 7.01. The van der Waals surface area contributed by atoms with E-state index in [1.165, 1.54) is 0 Å². The van der Waals surface area contributed by atoms with Crippen LogP contribution >= 0.6 is 11.8 Å². The maximum absolute atomic E-state index is 9.65. The van der Waals surface area contributed by atoms with Gasteiger partial charge in [-0.1, -0.05) is 0 Å². The number of aliphatic hydroxyl groups excluding tert-OH is 1. The Morgan fingerprint density at radius 1 is 1.16 bits per heavy atom. The third-order valence-corrected chi connectivity index (χ3v) is 5.29. The van der Waals surface area contributed by atoms with Crippen LogP contribution in [-0.4, -0.2) is 43.1 Å². The number of nitrogens with one attached hydrogen (secondary N) is 1. The summed E-state index contributed by atoms with van der Waals surface area (Å²) in [7, 11) is 0. The largest absolute Gasteiger partial charge is 0.393 e. The highest BCUT2D eigenvalue weighted by Gasteiger charge is 2.19. The fraction of sp³-hybridized carbons (Fsp3) is 0.389. The van der Waals surface area contributed by atoms with E-state index in [0.717, 1.165) is 53.4 Å². The predicted molar refractivity (Wildman–Crippen MR) is 99.9 cm³/mol. The third-order valence-electron chi connectivity index (χ3n) is 4.65. The molecular weight excluding hydrogens is 334 g/mol. The number of nitrogens with zero attached hydrogens (tertiary/aromatic N) is 4. The molecule has 0 unspecified atom stereocenters. The van der Waals surface area contributed by atoms with Crippen molar-refractivity contribution < 1.29 is 5.11 Å². The van der Waals surface area contributed by atoms with Crippen LogP contribution in [0.2, 0.25) is 0 Å². The fourth-order valence-corrected chi connectivity index (χ4v) is 3.67. The van der Waals surface area contributed by atoms with Crippen molar-refractivity contribution in [3.05, 3.63) is 36.7 Å². The van der Waals surface area contributed by atoms with Gasteiger partial charge in [-0.2, -0.15) is 0 Å². The van der Waals surface area contributed by atoms with E-state index >= 15 is 0 Å². The second-order valence-corrected chi connectivity index (χ2v) is 7.20. The van der Waals surface area contributed by atoms with Crippen LogP contribution in [0.3, 0.4) is 0 Å². The second-order valence-electron chi connectivity index (χ2n) is 6.37. The first kappa shape index (κ1) is 16.4. The van der Waals surface area contributed by atoms with E-state index < -0.39 is 0 Å². The molecule has 2 N–H and O–H groups in total. The Hall–Kier alpha value is -2.12. The number of aromatic nitrogens is 4. The Morgan fingerprint density at radius 3 is 2.80 bits per heavy atom. The van der Waals surface area contributed by atoms with Gasteiger partial charge in [-0.25, -0.2) is 14.5 Å². The molecule has 1 aliphatic rings. The molecule has 1 fully saturated rings. The number of aliphatic hydroxyl groups is 1. The molecule has 0 bridgehead atoms. The number of hydrogen-bond donors (Lipinski definition) is 2. The number of rotatable bonds is 4. The normalized spacial score (nSPS) is 20.7. The van der Waals surface area contributed by atoms with Crippen molar-refractivity contribution in [2.75, 3.05) is 11.6 Å². The molecule has 1 aliphatic carbocycles. The lowest BCUT2D eigenvalue weighted by Gasteiger charge is -2.26. The van der Waals surface area contributed by atoms with Crippen LogP contribution in [0.5, 0.6) is 0 Å². The zero-order valence-electron chi connectivity index (χ0n) is 14.1. The smallest absolute Gasteiger partial charge is 0.154 e. The van der Waals surface area contributed by atoms with Gasteiger partial charge in [-0.05, 0) is 56.2 Å². The fourth-order valence-electron chi connectivity index (χ4n) is 3.26. The van der Waals surface area contributed by atoms with Crippen LogP contribution in [0.4, 0.5) is 5.82 Å². The van der Waals surface area contributed by atoms with Crippen LogP contribution in [0.1, 0.15) is 25.7 Å². The van der Waals surface area contributed by atoms with Crippen molar-refractivity contribution in [3.8, 4) is 11.3 Å². The number of anilines is 1. The lowest BCUT2D eigenvalue weighted by molar-refractivity contribution is 0.126. The Labute approximate surface area is 150 Å². The zero-order chi connectivity index (χ0) is 17.2. The molecule has 4 rings (SSSR count). The molecule has 0 aromatic carbocycles. The van der Waals surface area contributed by atoms with Gasteiger partial charge >= 0.3 is 0 Å². The Kier molecular flexibility index (Phi) is 4.59. The van der Waals surface area contributed by atoms with E-state index in [-0.39, 0.29) is 6.10 Å². The van der Waals surface area contributed by atoms with Crippen molar-refractivity contribution in [2.24, 2.45) is 0 Å². The summed E-state index contributed by atoms with van der Waals surface area (Å²) in [6, 6.07) is 8.35. The van der Waals surface area contributed by atoms with E-state index in [4.69, 9.17) is 5.10 Å². The lowest BCUT2D eigenvalue weighted by Crippen LogP contribution is -2.28. The first-order chi connectivity index (χ1) is 12.2. The molecule has 25 heavy (non-hydrogen) atoms. The van der Waals surface area contributed by atoms with E-state index in [1.807, 2.05) is 41.4 Å². The molecule has 3 aromatic rings. The SMILES string of the molecule is CSc1cc(-c2cnc3ccc(N[C@H]4CC[C@H](O)CC4)nn23)ccn1. The van der Waals surface area contributed by atoms with Crippen molar-refractivity contribution in [2.45, 2.75) is 42.9 Å². The van der Waals surface area contributed by atoms with Gasteiger partial charge in [0.2, 0.25) is 0 Å². The first-order valence-electron chi connectivity index (χ1n) is 8.53. The predicted octanol–water partition coefficient (Wildman–Crippen LogP) is 3.23. The number of hydrogen-bond acceptors (Lipinski definition) is 6. The highest BCUT2D eigenvalue weighted by atomic mass is 32.2. The molecule has 6 nitrogen and oxygen atoms in total. The average molecular weight is 355 g/mol. The van der Waals surface area contributed by atoms with Crippen molar-refractivity contribution in [3.63, 3.8) is 0 Å². The molecule has 3 heterocycles. The highest BCUT2D eigenvalue weighted by molar-refractivity contribution is 7.98. The minimum Gasteiger partial charge on any atom is -0.393 e. The van der Waals surface area contributed by atoms with Crippen molar-refractivity contribution in [1.82, 2.24) is 19.6 Å². The molecule has 0 aliphatic heterocycles. The van der Waals surface area contributed by atoms with Crippen LogP contribution in [-0.2, 0) is 0 Å². The highest BCUT2D eigenvalue weighted by Crippen LogP contribution is 2.25. The van der Waals surface area contributed by atoms with Gasteiger partial charge < -0.3 is 10.4 Å². The number of imidazole rings is 1. The first-order valence-corrected chi connectivity index (χ1v) is 9.75. The van der Waals surface area contributed by atoms with Gasteiger partial charge in [0.25, 0.3) is 0 Å². The van der Waals surface area contributed by atoms with Crippen LogP contribution in [0, 0.1) is 0 Å². The Balaban J connectivity index is 1.63. The third kappa shape index (κ3) is 3.48. The van der Waals surface area contributed by atoms with Gasteiger partial charge in [-0.15, -0.1) is 16.9 Å². The molecular formula is C18H21N5OS. The topological polar surface area (TPSA) is 75.3 Å². The molecule has 0 spiro atoms. The Bertz CT molecular complexity index is 873. The molecule has 0 radical (unpaired) electrons. The molecule has 1 saturated carbocycles. The van der Waals surface area contributed by atoms with E-state index in [9.17, 15) is 5.11 Å². The summed E-state index contributed by atoms with van der Waals surface area (Å²) in [6.07, 6.45) is 9.18. The molecule has 0 atom stereocenters. The van der Waals surface area contributed by atoms with E-state index in [1.54, 1.807) is 11.8 Å². The van der Waals surface area contributed by atoms with Crippen LogP contribution in [0.25, 0.3) is 16.9 Å². The summed E-state index contributed by atoms with van der Waals surface area (Å²) in [6.45, 7) is 0. The quantitative estimate of drug-likeness (QED) is 0.700. The van der Waals surface area contributed by atoms with E-state index in [0.29, 0.717) is 6.04 Å². The minimum absolute atomic E-state index is 0.147. The number of fused-ring (bicyclic) bond motifs is 1. The van der Waals surface area contributed by atoms with Crippen LogP contribution in [0.15, 0.2) is 41.7 Å². The molecule has 3 aromatic heterocycles. The van der Waals surface area contributed by atoms with Gasteiger partial charge in [-0.3, -0.25) is 0 Å². The Morgan fingerprint density at radius 2 is 2.00 bits per heavy atom. The number of thioether (sulfide) groups is 1. The monoisotopic (exact) mass is 355 g/mol. The minimum atomic E-state index is -0.147. The van der Waals surface area contributed by atoms with E-state index in [2.05, 4.69) is 21.4 Å². The van der Waals surface area contributed by atoms with Gasteiger partial charge in [0.05, 0.1) is 23.0 Å². The standard InChI is InChI=1S/C18H21N5OS/c1-25-18-10-12(8-9-19-18)15-11-20-17-7-6-16(22-23(15)17)21-13-2-4-14(24)5-3-13/h6-11,13-14,24H,2-5H2,1H3,(H,21,22)/t13-,14-. The summed E-state index contributed by atoms with van der Waals surface area (Å²) >= 11 is 1.62. The molecule has 0 saturated heterocycles. The van der Waals surface area contributed by atoms with Crippen molar-refractivity contribution in [1.29, 1.82) is 0 Å². The molecule has 130 valence electrons. The zero-order valence-corrected chi connectivity index (χ0v) is 14.9. The summed E-state index contributed by atoms with van der Waals surface area (Å²) in [5, 5.41) is 18.9. The van der Waals surface area contributed by atoms with Gasteiger partial charge in [0, 0.05) is 17.8 Å². The van der Waals surface area contributed by atoms with Crippen molar-refractivity contribution >= 4 is 23.2 Å². The maximum Gasteiger partial charge on any atom is 0.154 e. The summed E-state index contributed by atoms with van der Waals surface area (Å²) < 4.78 is 1.87. The summed E-state index contributed by atoms with van der Waals surface area (Å²) in [5.41, 5.74) is 2.83. The van der Waals surface area contributed by atoms with Gasteiger partial charge in [0.1, 0.15) is 5.82 Å². The summed E-state index contributed by atoms with van der Waals surface area (Å²) in [4.78, 5) is 8.79. The van der Waals surface area contributed by atoms with Crippen LogP contribution < -0.4 is 5.32 Å². The molecule has 0 amide bonds. The molecule has 7 heteroatoms. The summed E-state index contributed by atoms with van der Waals surface area (Å²) in [5.74, 6) is 0.840. The number of pyridine rings is 1. The average Bonchev–Trinajstić information content (AvgIpc) is 3.07. The van der Waals surface area contributed by atoms with Gasteiger partial charge in [0.15, 0.2) is 5.65 Å². The maximum atomic E-state index is 9.65. The lowest BCUT2D eigenvalue weighted by atomic mass is 9.93.